The van der Waals surface area contributed by atoms with Crippen LogP contribution < -0.4 is 16.4 Å². The molecule has 0 spiro atoms. The van der Waals surface area contributed by atoms with Gasteiger partial charge in [0, 0.05) is 49.2 Å². The minimum atomic E-state index is -0.182. The first kappa shape index (κ1) is 58.0. The molecule has 0 fully saturated rings. The van der Waals surface area contributed by atoms with Gasteiger partial charge in [0.1, 0.15) is 0 Å². The maximum absolute atomic E-state index is 2.78. The van der Waals surface area contributed by atoms with E-state index in [2.05, 4.69) is 360 Å². The van der Waals surface area contributed by atoms with Gasteiger partial charge in [0.25, 0.3) is 6.71 Å². The molecule has 0 N–H and O–H groups in total. The number of hydrogen-bond donors (Lipinski definition) is 0. The fraction of sp³-hybridized carbons (Fsp3) is 0.0816. The number of hydrogen-bond acceptors (Lipinski definition) is 0. The summed E-state index contributed by atoms with van der Waals surface area (Å²) in [5, 5.41) is 20.5. The van der Waals surface area contributed by atoms with E-state index < -0.39 is 0 Å². The zero-order valence-corrected chi connectivity index (χ0v) is 57.4. The van der Waals surface area contributed by atoms with Gasteiger partial charge in [-0.15, -0.1) is 0 Å². The van der Waals surface area contributed by atoms with Gasteiger partial charge >= 0.3 is 0 Å². The van der Waals surface area contributed by atoms with Gasteiger partial charge < -0.3 is 9.13 Å². The zero-order valence-electron chi connectivity index (χ0n) is 57.4. The molecule has 21 rings (SSSR count). The van der Waals surface area contributed by atoms with Crippen molar-refractivity contribution in [1.29, 1.82) is 0 Å². The first-order chi connectivity index (χ1) is 49.5. The zero-order chi connectivity index (χ0) is 67.3. The summed E-state index contributed by atoms with van der Waals surface area (Å²) < 4.78 is 5.51. The molecule has 3 heteroatoms. The van der Waals surface area contributed by atoms with E-state index >= 15 is 0 Å². The Kier molecular flexibility index (Phi) is 12.2. The second-order valence-corrected chi connectivity index (χ2v) is 30.5. The Bertz CT molecular complexity index is 6650. The number of fused-ring (bicyclic) bond motifs is 24. The third-order valence-electron chi connectivity index (χ3n) is 22.9. The van der Waals surface area contributed by atoms with Crippen molar-refractivity contribution in [2.45, 2.75) is 52.4 Å². The normalized spacial score (nSPS) is 12.8. The second-order valence-electron chi connectivity index (χ2n) is 30.5. The molecule has 0 unspecified atom stereocenters. The number of rotatable bonds is 6. The Hall–Kier alpha value is -12.0. The molecule has 0 bridgehead atoms. The van der Waals surface area contributed by atoms with E-state index in [0.29, 0.717) is 0 Å². The Morgan fingerprint density at radius 2 is 0.564 bits per heavy atom. The summed E-state index contributed by atoms with van der Waals surface area (Å²) in [5.74, 6) is 0. The standard InChI is InChI=1S/C98H69BN2/c1-97(2,3)64-48-50-80-75(54-64)77-55-65(98(4,5)6)56-78-95(77)100(80)82-52-63(89-87(61-36-18-10-19-37-61)85(59-32-14-8-15-33-59)84(58-30-12-7-13-31-58)86(60-34-16-9-17-35-60)88(89)62-38-20-11-21-39-62)53-83-94(82)99(78)79-57-76-71-45-25-23-41-67(71)69-43-27-29-47-73(69)91(76)93-92-81(101(83)96(79)93)51-49-74-70-44-24-22-40-66(70)68-42-26-28-46-72(68)90(74)92/h7-57H,1-6H3. The average Bonchev–Trinajstić information content (AvgIpc) is 1.54. The highest BCUT2D eigenvalue weighted by atomic mass is 15.0. The van der Waals surface area contributed by atoms with E-state index in [9.17, 15) is 0 Å². The van der Waals surface area contributed by atoms with Crippen molar-refractivity contribution in [3.8, 4) is 78.1 Å². The van der Waals surface area contributed by atoms with Crippen molar-refractivity contribution in [2.75, 3.05) is 0 Å². The van der Waals surface area contributed by atoms with Crippen LogP contribution in [0.5, 0.6) is 0 Å². The van der Waals surface area contributed by atoms with Crippen LogP contribution in [0, 0.1) is 0 Å². The van der Waals surface area contributed by atoms with Gasteiger partial charge in [-0.1, -0.05) is 315 Å². The van der Waals surface area contributed by atoms with E-state index in [1.54, 1.807) is 0 Å². The monoisotopic (exact) mass is 1280 g/mol. The van der Waals surface area contributed by atoms with Crippen LogP contribution in [0.4, 0.5) is 0 Å². The molecule has 2 nitrogen and oxygen atoms in total. The van der Waals surface area contributed by atoms with Crippen LogP contribution in [-0.2, 0) is 10.8 Å². The van der Waals surface area contributed by atoms with Crippen molar-refractivity contribution in [3.05, 3.63) is 321 Å². The lowest BCUT2D eigenvalue weighted by molar-refractivity contribution is 0.590. The van der Waals surface area contributed by atoms with Crippen LogP contribution in [0.2, 0.25) is 0 Å². The smallest absolute Gasteiger partial charge is 0.252 e. The highest BCUT2D eigenvalue weighted by molar-refractivity contribution is 7.00. The van der Waals surface area contributed by atoms with Gasteiger partial charge in [-0.25, -0.2) is 0 Å². The Morgan fingerprint density at radius 3 is 1.00 bits per heavy atom. The van der Waals surface area contributed by atoms with E-state index in [-0.39, 0.29) is 17.5 Å². The summed E-state index contributed by atoms with van der Waals surface area (Å²) in [6.45, 7) is 14.1. The Labute approximate surface area is 587 Å². The predicted molar refractivity (Wildman–Crippen MR) is 435 cm³/mol. The summed E-state index contributed by atoms with van der Waals surface area (Å²) in [6, 6.07) is 119. The van der Waals surface area contributed by atoms with Crippen LogP contribution in [0.1, 0.15) is 52.7 Å². The molecule has 0 radical (unpaired) electrons. The molecule has 0 aliphatic carbocycles. The SMILES string of the molecule is CC(C)(C)c1ccc2c(c1)c1cc(C(C)(C)C)cc3c1n2-c1cc(-c2c(-c4ccccc4)c(-c4ccccc4)c(-c4ccccc4)c(-c4ccccc4)c2-c2ccccc2)cc2c1B3c1cc3c4ccccc4c4ccccc4c3c3c4c5c6ccccc6c6ccccc6c5ccc4n-2c13. The number of aromatic nitrogens is 2. The summed E-state index contributed by atoms with van der Waals surface area (Å²) in [5.41, 5.74) is 27.9. The summed E-state index contributed by atoms with van der Waals surface area (Å²) in [7, 11) is 0. The number of nitrogens with zero attached hydrogens (tertiary/aromatic N) is 2. The van der Waals surface area contributed by atoms with Crippen LogP contribution in [0.3, 0.4) is 0 Å². The molecule has 2 aliphatic heterocycles. The van der Waals surface area contributed by atoms with Gasteiger partial charge in [0.2, 0.25) is 0 Å². The minimum absolute atomic E-state index is 0.0898. The van der Waals surface area contributed by atoms with Gasteiger partial charge in [0.05, 0.1) is 16.6 Å². The van der Waals surface area contributed by atoms with E-state index in [1.165, 1.54) is 181 Å². The van der Waals surface area contributed by atoms with Crippen molar-refractivity contribution in [3.63, 3.8) is 0 Å². The fourth-order valence-electron chi connectivity index (χ4n) is 18.5. The average molecular weight is 1290 g/mol. The third kappa shape index (κ3) is 8.18. The van der Waals surface area contributed by atoms with Gasteiger partial charge in [-0.05, 0) is 195 Å². The predicted octanol–water partition coefficient (Wildman–Crippen LogP) is 24.5. The lowest BCUT2D eigenvalue weighted by atomic mass is 9.34. The summed E-state index contributed by atoms with van der Waals surface area (Å²) in [6.07, 6.45) is 0. The number of benzene rings is 17. The maximum atomic E-state index is 2.78. The van der Waals surface area contributed by atoms with Crippen molar-refractivity contribution in [1.82, 2.24) is 9.13 Å². The first-order valence-electron chi connectivity index (χ1n) is 35.9. The van der Waals surface area contributed by atoms with E-state index in [0.717, 1.165) is 33.4 Å². The molecule has 0 saturated heterocycles. The highest BCUT2D eigenvalue weighted by Gasteiger charge is 2.44. The molecular weight excluding hydrogens is 1220 g/mol. The van der Waals surface area contributed by atoms with Crippen LogP contribution in [0.25, 0.3) is 186 Å². The van der Waals surface area contributed by atoms with E-state index in [4.69, 9.17) is 0 Å². The summed E-state index contributed by atoms with van der Waals surface area (Å²) in [4.78, 5) is 0. The minimum Gasteiger partial charge on any atom is -0.310 e. The topological polar surface area (TPSA) is 9.86 Å². The summed E-state index contributed by atoms with van der Waals surface area (Å²) >= 11 is 0. The molecule has 0 amide bonds. The van der Waals surface area contributed by atoms with Crippen LogP contribution in [-0.4, -0.2) is 15.8 Å². The fourth-order valence-corrected chi connectivity index (χ4v) is 18.5. The second kappa shape index (κ2) is 21.2. The quantitative estimate of drug-likeness (QED) is 0.116. The molecule has 0 atom stereocenters. The first-order valence-corrected chi connectivity index (χ1v) is 35.9. The van der Waals surface area contributed by atoms with Crippen LogP contribution >= 0.6 is 0 Å². The lowest BCUT2D eigenvalue weighted by Gasteiger charge is -2.36. The largest absolute Gasteiger partial charge is 0.310 e. The molecule has 19 aromatic rings. The van der Waals surface area contributed by atoms with E-state index in [1.807, 2.05) is 0 Å². The molecule has 17 aromatic carbocycles. The molecule has 474 valence electrons. The molecular formula is C98H69BN2. The molecule has 0 saturated carbocycles. The van der Waals surface area contributed by atoms with Gasteiger partial charge in [-0.2, -0.15) is 0 Å². The Balaban J connectivity index is 1.06. The maximum Gasteiger partial charge on any atom is 0.252 e. The van der Waals surface area contributed by atoms with Crippen molar-refractivity contribution in [2.24, 2.45) is 0 Å². The van der Waals surface area contributed by atoms with Gasteiger partial charge in [0.15, 0.2) is 0 Å². The highest BCUT2D eigenvalue weighted by Crippen LogP contribution is 2.58. The molecule has 2 aromatic heterocycles. The third-order valence-corrected chi connectivity index (χ3v) is 22.9. The molecule has 4 heterocycles. The van der Waals surface area contributed by atoms with Gasteiger partial charge in [-0.3, -0.25) is 0 Å². The molecule has 101 heavy (non-hydrogen) atoms. The lowest BCUT2D eigenvalue weighted by Crippen LogP contribution is -2.59. The van der Waals surface area contributed by atoms with Crippen LogP contribution in [0.15, 0.2) is 309 Å². The Morgan fingerprint density at radius 1 is 0.228 bits per heavy atom. The molecule has 2 aliphatic rings. The van der Waals surface area contributed by atoms with Crippen molar-refractivity contribution < 1.29 is 0 Å². The van der Waals surface area contributed by atoms with Crippen molar-refractivity contribution >= 4 is 131 Å².